The fourth-order valence-electron chi connectivity index (χ4n) is 2.47. The van der Waals surface area contributed by atoms with E-state index in [-0.39, 0.29) is 0 Å². The largest absolute Gasteiger partial charge is 0.389 e. The van der Waals surface area contributed by atoms with Crippen molar-refractivity contribution in [2.24, 2.45) is 11.7 Å². The molecular formula is C14H19BrN2OS. The van der Waals surface area contributed by atoms with Crippen molar-refractivity contribution < 1.29 is 4.74 Å². The van der Waals surface area contributed by atoms with Crippen LogP contribution in [0.2, 0.25) is 0 Å². The zero-order chi connectivity index (χ0) is 13.8. The third-order valence-electron chi connectivity index (χ3n) is 3.42. The van der Waals surface area contributed by atoms with Crippen LogP contribution in [0.4, 0.5) is 5.69 Å². The highest BCUT2D eigenvalue weighted by molar-refractivity contribution is 9.10. The lowest BCUT2D eigenvalue weighted by atomic mass is 10.0. The van der Waals surface area contributed by atoms with Gasteiger partial charge in [-0.1, -0.05) is 28.1 Å². The summed E-state index contributed by atoms with van der Waals surface area (Å²) in [7, 11) is 2.08. The molecule has 1 aromatic rings. The molecule has 5 heteroatoms. The van der Waals surface area contributed by atoms with E-state index in [1.54, 1.807) is 0 Å². The monoisotopic (exact) mass is 342 g/mol. The zero-order valence-corrected chi connectivity index (χ0v) is 13.5. The fourth-order valence-corrected chi connectivity index (χ4v) is 2.99. The van der Waals surface area contributed by atoms with Gasteiger partial charge in [0.25, 0.3) is 0 Å². The van der Waals surface area contributed by atoms with Gasteiger partial charge in [-0.15, -0.1) is 0 Å². The Balaban J connectivity index is 2.14. The third kappa shape index (κ3) is 3.91. The molecule has 1 heterocycles. The molecule has 1 saturated heterocycles. The Hall–Kier alpha value is -0.650. The maximum atomic E-state index is 5.80. The summed E-state index contributed by atoms with van der Waals surface area (Å²) in [5.74, 6) is 0.580. The maximum Gasteiger partial charge on any atom is 0.106 e. The summed E-state index contributed by atoms with van der Waals surface area (Å²) in [6, 6.07) is 6.00. The molecule has 3 nitrogen and oxygen atoms in total. The van der Waals surface area contributed by atoms with Crippen LogP contribution in [0.25, 0.3) is 0 Å². The van der Waals surface area contributed by atoms with E-state index in [0.29, 0.717) is 10.9 Å². The van der Waals surface area contributed by atoms with Crippen LogP contribution < -0.4 is 10.6 Å². The summed E-state index contributed by atoms with van der Waals surface area (Å²) in [6.07, 6.45) is 2.37. The molecule has 0 aromatic heterocycles. The van der Waals surface area contributed by atoms with Crippen molar-refractivity contribution in [3.63, 3.8) is 0 Å². The number of nitrogens with two attached hydrogens (primary N) is 1. The first-order chi connectivity index (χ1) is 9.08. The second kappa shape index (κ2) is 6.68. The first-order valence-electron chi connectivity index (χ1n) is 6.46. The first-order valence-corrected chi connectivity index (χ1v) is 7.66. The molecule has 1 aliphatic rings. The van der Waals surface area contributed by atoms with E-state index >= 15 is 0 Å². The van der Waals surface area contributed by atoms with Crippen molar-refractivity contribution in [1.82, 2.24) is 0 Å². The molecule has 0 radical (unpaired) electrons. The lowest BCUT2D eigenvalue weighted by Crippen LogP contribution is -2.32. The van der Waals surface area contributed by atoms with E-state index in [9.17, 15) is 0 Å². The van der Waals surface area contributed by atoms with Crippen molar-refractivity contribution in [1.29, 1.82) is 0 Å². The number of rotatable bonds is 4. The van der Waals surface area contributed by atoms with Crippen molar-refractivity contribution in [3.8, 4) is 0 Å². The second-order valence-corrected chi connectivity index (χ2v) is 6.34. The molecule has 0 spiro atoms. The SMILES string of the molecule is CN(CC1CCCOC1)c1cc(Br)ccc1C(N)=S. The maximum absolute atomic E-state index is 5.80. The molecule has 1 fully saturated rings. The molecule has 1 atom stereocenters. The van der Waals surface area contributed by atoms with Gasteiger partial charge in [0.05, 0.1) is 6.61 Å². The number of ether oxygens (including phenoxy) is 1. The Morgan fingerprint density at radius 1 is 1.58 bits per heavy atom. The van der Waals surface area contributed by atoms with Gasteiger partial charge in [-0.3, -0.25) is 0 Å². The molecular weight excluding hydrogens is 324 g/mol. The highest BCUT2D eigenvalue weighted by atomic mass is 79.9. The van der Waals surface area contributed by atoms with Crippen molar-refractivity contribution >= 4 is 38.8 Å². The first kappa shape index (κ1) is 14.8. The van der Waals surface area contributed by atoms with Gasteiger partial charge >= 0.3 is 0 Å². The van der Waals surface area contributed by atoms with E-state index in [4.69, 9.17) is 22.7 Å². The topological polar surface area (TPSA) is 38.5 Å². The Morgan fingerprint density at radius 2 is 2.37 bits per heavy atom. The van der Waals surface area contributed by atoms with Crippen LogP contribution in [-0.4, -0.2) is 31.8 Å². The van der Waals surface area contributed by atoms with Crippen LogP contribution in [-0.2, 0) is 4.74 Å². The Bertz CT molecular complexity index is 461. The molecule has 2 rings (SSSR count). The molecule has 1 unspecified atom stereocenters. The molecule has 0 bridgehead atoms. The minimum atomic E-state index is 0.439. The lowest BCUT2D eigenvalue weighted by Gasteiger charge is -2.29. The van der Waals surface area contributed by atoms with Gasteiger partial charge in [-0.25, -0.2) is 0 Å². The van der Waals surface area contributed by atoms with Crippen LogP contribution in [0.5, 0.6) is 0 Å². The predicted molar refractivity (Wildman–Crippen MR) is 86.8 cm³/mol. The summed E-state index contributed by atoms with van der Waals surface area (Å²) in [5.41, 5.74) is 7.80. The number of benzene rings is 1. The number of hydrogen-bond acceptors (Lipinski definition) is 3. The summed E-state index contributed by atoms with van der Waals surface area (Å²) >= 11 is 8.63. The summed E-state index contributed by atoms with van der Waals surface area (Å²) in [4.78, 5) is 2.66. The van der Waals surface area contributed by atoms with Crippen LogP contribution >= 0.6 is 28.1 Å². The van der Waals surface area contributed by atoms with Gasteiger partial charge in [0, 0.05) is 35.9 Å². The standard InChI is InChI=1S/C14H19BrN2OS/c1-17(8-10-3-2-6-18-9-10)13-7-11(15)4-5-12(13)14(16)19/h4-5,7,10H,2-3,6,8-9H2,1H3,(H2,16,19). The van der Waals surface area contributed by atoms with Gasteiger partial charge in [0.1, 0.15) is 4.99 Å². The number of hydrogen-bond donors (Lipinski definition) is 1. The normalized spacial score (nSPS) is 19.2. The number of halogens is 1. The van der Waals surface area contributed by atoms with E-state index in [0.717, 1.165) is 41.9 Å². The van der Waals surface area contributed by atoms with Gasteiger partial charge in [-0.05, 0) is 37.0 Å². The predicted octanol–water partition coefficient (Wildman–Crippen LogP) is 2.95. The van der Waals surface area contributed by atoms with Crippen LogP contribution in [0.1, 0.15) is 18.4 Å². The van der Waals surface area contributed by atoms with Gasteiger partial charge in [0.15, 0.2) is 0 Å². The van der Waals surface area contributed by atoms with Crippen LogP contribution in [0.3, 0.4) is 0 Å². The average molecular weight is 343 g/mol. The fraction of sp³-hybridized carbons (Fsp3) is 0.500. The third-order valence-corrected chi connectivity index (χ3v) is 4.14. The Morgan fingerprint density at radius 3 is 3.00 bits per heavy atom. The molecule has 1 aromatic carbocycles. The van der Waals surface area contributed by atoms with Gasteiger partial charge in [-0.2, -0.15) is 0 Å². The number of nitrogens with zero attached hydrogens (tertiary/aromatic N) is 1. The van der Waals surface area contributed by atoms with Crippen LogP contribution in [0.15, 0.2) is 22.7 Å². The number of thiocarbonyl (C=S) groups is 1. The molecule has 0 amide bonds. The van der Waals surface area contributed by atoms with Crippen LogP contribution in [0, 0.1) is 5.92 Å². The summed E-state index contributed by atoms with van der Waals surface area (Å²) in [5, 5.41) is 0. The van der Waals surface area contributed by atoms with E-state index in [2.05, 4.69) is 33.9 Å². The highest BCUT2D eigenvalue weighted by Gasteiger charge is 2.18. The van der Waals surface area contributed by atoms with Crippen molar-refractivity contribution in [2.75, 3.05) is 31.7 Å². The molecule has 0 saturated carbocycles. The minimum absolute atomic E-state index is 0.439. The molecule has 1 aliphatic heterocycles. The molecule has 19 heavy (non-hydrogen) atoms. The highest BCUT2D eigenvalue weighted by Crippen LogP contribution is 2.26. The second-order valence-electron chi connectivity index (χ2n) is 4.99. The minimum Gasteiger partial charge on any atom is -0.389 e. The molecule has 104 valence electrons. The quantitative estimate of drug-likeness (QED) is 0.853. The number of anilines is 1. The summed E-state index contributed by atoms with van der Waals surface area (Å²) in [6.45, 7) is 2.71. The lowest BCUT2D eigenvalue weighted by molar-refractivity contribution is 0.0576. The van der Waals surface area contributed by atoms with Crippen molar-refractivity contribution in [2.45, 2.75) is 12.8 Å². The smallest absolute Gasteiger partial charge is 0.106 e. The van der Waals surface area contributed by atoms with Gasteiger partial charge in [0.2, 0.25) is 0 Å². The molecule has 0 aliphatic carbocycles. The van der Waals surface area contributed by atoms with E-state index in [1.165, 1.54) is 6.42 Å². The average Bonchev–Trinajstić information content (AvgIpc) is 2.39. The van der Waals surface area contributed by atoms with Gasteiger partial charge < -0.3 is 15.4 Å². The zero-order valence-electron chi connectivity index (χ0n) is 11.1. The van der Waals surface area contributed by atoms with E-state index < -0.39 is 0 Å². The Labute approximate surface area is 128 Å². The Kier molecular flexibility index (Phi) is 5.19. The van der Waals surface area contributed by atoms with Crippen molar-refractivity contribution in [3.05, 3.63) is 28.2 Å². The summed E-state index contributed by atoms with van der Waals surface area (Å²) < 4.78 is 6.57. The molecule has 2 N–H and O–H groups in total. The van der Waals surface area contributed by atoms with E-state index in [1.807, 2.05) is 12.1 Å².